The molecule has 8 heteroatoms. The number of carbonyl (C=O) groups excluding carboxylic acids is 2. The van der Waals surface area contributed by atoms with Crippen molar-refractivity contribution in [3.63, 3.8) is 0 Å². The second-order valence-corrected chi connectivity index (χ2v) is 10.7. The minimum Gasteiger partial charge on any atom is -0.494 e. The predicted molar refractivity (Wildman–Crippen MR) is 142 cm³/mol. The summed E-state index contributed by atoms with van der Waals surface area (Å²) in [4.78, 5) is 26.5. The molecular formula is C29H40FN3O4. The van der Waals surface area contributed by atoms with Crippen molar-refractivity contribution in [2.24, 2.45) is 11.7 Å². The topological polar surface area (TPSA) is 93.9 Å². The van der Waals surface area contributed by atoms with Gasteiger partial charge in [0.1, 0.15) is 17.2 Å². The number of hydrogen-bond acceptors (Lipinski definition) is 5. The third kappa shape index (κ3) is 9.69. The highest BCUT2D eigenvalue weighted by Gasteiger charge is 2.27. The van der Waals surface area contributed by atoms with E-state index in [1.54, 1.807) is 17.0 Å². The number of nitrogens with two attached hydrogens (primary N) is 1. The molecule has 2 atom stereocenters. The van der Waals surface area contributed by atoms with Crippen molar-refractivity contribution in [1.29, 1.82) is 0 Å². The van der Waals surface area contributed by atoms with Gasteiger partial charge in [-0.1, -0.05) is 30.3 Å². The first-order chi connectivity index (χ1) is 17.6. The Hall–Kier alpha value is -3.13. The fourth-order valence-corrected chi connectivity index (χ4v) is 4.32. The van der Waals surface area contributed by atoms with Crippen LogP contribution in [0.2, 0.25) is 0 Å². The maximum atomic E-state index is 14.4. The molecule has 0 spiro atoms. The van der Waals surface area contributed by atoms with Gasteiger partial charge in [0.15, 0.2) is 0 Å². The Kier molecular flexibility index (Phi) is 10.3. The van der Waals surface area contributed by atoms with Gasteiger partial charge >= 0.3 is 6.09 Å². The van der Waals surface area contributed by atoms with Gasteiger partial charge < -0.3 is 25.4 Å². The fraction of sp³-hybridized carbons (Fsp3) is 0.517. The largest absolute Gasteiger partial charge is 0.494 e. The molecule has 0 radical (unpaired) electrons. The minimum absolute atomic E-state index is 0.0361. The molecule has 1 fully saturated rings. The number of aryl methyl sites for hydroxylation is 1. The summed E-state index contributed by atoms with van der Waals surface area (Å²) in [5.74, 6) is 0.135. The molecule has 3 N–H and O–H groups in total. The smallest absolute Gasteiger partial charge is 0.410 e. The van der Waals surface area contributed by atoms with Crippen LogP contribution in [0, 0.1) is 11.7 Å². The number of rotatable bonds is 10. The van der Waals surface area contributed by atoms with Crippen molar-refractivity contribution in [3.8, 4) is 5.75 Å². The molecular weight excluding hydrogens is 473 g/mol. The molecule has 0 saturated carbocycles. The number of likely N-dealkylation sites (tertiary alicyclic amines) is 1. The lowest BCUT2D eigenvalue weighted by Crippen LogP contribution is -2.43. The van der Waals surface area contributed by atoms with E-state index in [-0.39, 0.29) is 18.5 Å². The van der Waals surface area contributed by atoms with Crippen molar-refractivity contribution in [3.05, 3.63) is 65.5 Å². The Morgan fingerprint density at radius 3 is 2.68 bits per heavy atom. The first-order valence-corrected chi connectivity index (χ1v) is 13.1. The van der Waals surface area contributed by atoms with Crippen LogP contribution in [-0.4, -0.2) is 48.2 Å². The molecule has 37 heavy (non-hydrogen) atoms. The van der Waals surface area contributed by atoms with E-state index in [4.69, 9.17) is 15.2 Å². The van der Waals surface area contributed by atoms with Gasteiger partial charge in [0.2, 0.25) is 5.91 Å². The van der Waals surface area contributed by atoms with Gasteiger partial charge in [-0.2, -0.15) is 0 Å². The van der Waals surface area contributed by atoms with E-state index in [2.05, 4.69) is 5.32 Å². The van der Waals surface area contributed by atoms with E-state index < -0.39 is 17.5 Å². The lowest BCUT2D eigenvalue weighted by Gasteiger charge is -2.34. The van der Waals surface area contributed by atoms with Crippen molar-refractivity contribution in [2.75, 3.05) is 19.7 Å². The molecule has 1 saturated heterocycles. The molecule has 0 aliphatic carbocycles. The van der Waals surface area contributed by atoms with Crippen LogP contribution in [0.1, 0.15) is 57.6 Å². The van der Waals surface area contributed by atoms with E-state index >= 15 is 0 Å². The number of nitrogens with one attached hydrogen (secondary N) is 1. The van der Waals surface area contributed by atoms with Crippen molar-refractivity contribution in [1.82, 2.24) is 10.2 Å². The first kappa shape index (κ1) is 28.4. The summed E-state index contributed by atoms with van der Waals surface area (Å²) >= 11 is 0. The Labute approximate surface area is 219 Å². The summed E-state index contributed by atoms with van der Waals surface area (Å²) in [7, 11) is 0. The number of halogens is 1. The number of carbonyl (C=O) groups is 2. The molecule has 0 aromatic heterocycles. The predicted octanol–water partition coefficient (Wildman–Crippen LogP) is 4.82. The Morgan fingerprint density at radius 1 is 1.19 bits per heavy atom. The van der Waals surface area contributed by atoms with Crippen LogP contribution in [0.15, 0.2) is 48.5 Å². The monoisotopic (exact) mass is 513 g/mol. The number of amides is 2. The van der Waals surface area contributed by atoms with Crippen LogP contribution in [-0.2, 0) is 22.5 Å². The first-order valence-electron chi connectivity index (χ1n) is 13.1. The number of ether oxygens (including phenoxy) is 2. The summed E-state index contributed by atoms with van der Waals surface area (Å²) in [6, 6.07) is 13.7. The summed E-state index contributed by atoms with van der Waals surface area (Å²) < 4.78 is 25.7. The van der Waals surface area contributed by atoms with E-state index in [0.29, 0.717) is 49.8 Å². The molecule has 1 aliphatic rings. The minimum atomic E-state index is -0.668. The van der Waals surface area contributed by atoms with E-state index in [9.17, 15) is 14.0 Å². The number of piperidine rings is 1. The molecule has 3 rings (SSSR count). The Balaban J connectivity index is 1.43. The fourth-order valence-electron chi connectivity index (χ4n) is 4.32. The zero-order valence-corrected chi connectivity index (χ0v) is 22.2. The third-order valence-electron chi connectivity index (χ3n) is 6.36. The molecule has 1 heterocycles. The molecule has 0 bridgehead atoms. The zero-order chi connectivity index (χ0) is 26.8. The average molecular weight is 514 g/mol. The highest BCUT2D eigenvalue weighted by Crippen LogP contribution is 2.23. The standard InChI is InChI=1S/C29H40FN3O4/c1-29(2,3)37-28(35)33-16-7-10-22(20-33)15-17-36-24-12-13-25(30)23(18-24)19-32-27(34)26(31)14-11-21-8-5-4-6-9-21/h4-6,8-9,12-13,18,22,26H,7,10-11,14-17,19-20,31H2,1-3H3,(H,32,34). The maximum absolute atomic E-state index is 14.4. The summed E-state index contributed by atoms with van der Waals surface area (Å²) in [6.07, 6.45) is 3.66. The second kappa shape index (κ2) is 13.4. The number of nitrogens with zero attached hydrogens (tertiary/aromatic N) is 1. The normalized spacial score (nSPS) is 16.7. The maximum Gasteiger partial charge on any atom is 0.410 e. The molecule has 7 nitrogen and oxygen atoms in total. The molecule has 2 aromatic rings. The lowest BCUT2D eigenvalue weighted by molar-refractivity contribution is -0.122. The van der Waals surface area contributed by atoms with Crippen LogP contribution in [0.4, 0.5) is 9.18 Å². The molecule has 2 amide bonds. The molecule has 2 aromatic carbocycles. The SMILES string of the molecule is CC(C)(C)OC(=O)N1CCCC(CCOc2ccc(F)c(CNC(=O)C(N)CCc3ccccc3)c2)C1. The van der Waals surface area contributed by atoms with Gasteiger partial charge in [0.05, 0.1) is 12.6 Å². The number of benzene rings is 2. The molecule has 2 unspecified atom stereocenters. The van der Waals surface area contributed by atoms with Gasteiger partial charge in [0.25, 0.3) is 0 Å². The van der Waals surface area contributed by atoms with Gasteiger partial charge in [0, 0.05) is 25.2 Å². The Bertz CT molecular complexity index is 1030. The Morgan fingerprint density at radius 2 is 1.95 bits per heavy atom. The van der Waals surface area contributed by atoms with Gasteiger partial charge in [-0.3, -0.25) is 4.79 Å². The van der Waals surface area contributed by atoms with Crippen LogP contribution >= 0.6 is 0 Å². The molecule has 202 valence electrons. The van der Waals surface area contributed by atoms with Crippen LogP contribution in [0.5, 0.6) is 5.75 Å². The van der Waals surface area contributed by atoms with E-state index in [1.807, 2.05) is 51.1 Å². The van der Waals surface area contributed by atoms with Crippen molar-refractivity contribution < 1.29 is 23.5 Å². The van der Waals surface area contributed by atoms with Crippen molar-refractivity contribution in [2.45, 2.75) is 71.1 Å². The number of hydrogen-bond donors (Lipinski definition) is 2. The van der Waals surface area contributed by atoms with Crippen molar-refractivity contribution >= 4 is 12.0 Å². The highest BCUT2D eigenvalue weighted by molar-refractivity contribution is 5.81. The summed E-state index contributed by atoms with van der Waals surface area (Å²) in [5, 5.41) is 2.73. The van der Waals surface area contributed by atoms with Crippen LogP contribution < -0.4 is 15.8 Å². The van der Waals surface area contributed by atoms with Crippen LogP contribution in [0.3, 0.4) is 0 Å². The van der Waals surface area contributed by atoms with E-state index in [1.165, 1.54) is 6.07 Å². The summed E-state index contributed by atoms with van der Waals surface area (Å²) in [5.41, 5.74) is 6.98. The average Bonchev–Trinajstić information content (AvgIpc) is 2.87. The summed E-state index contributed by atoms with van der Waals surface area (Å²) in [6.45, 7) is 7.43. The van der Waals surface area contributed by atoms with Gasteiger partial charge in [-0.05, 0) is 82.6 Å². The lowest BCUT2D eigenvalue weighted by atomic mass is 9.95. The van der Waals surface area contributed by atoms with Gasteiger partial charge in [-0.25, -0.2) is 9.18 Å². The molecule has 1 aliphatic heterocycles. The quantitative estimate of drug-likeness (QED) is 0.475. The van der Waals surface area contributed by atoms with Gasteiger partial charge in [-0.15, -0.1) is 0 Å². The zero-order valence-electron chi connectivity index (χ0n) is 22.2. The third-order valence-corrected chi connectivity index (χ3v) is 6.36. The van der Waals surface area contributed by atoms with Crippen LogP contribution in [0.25, 0.3) is 0 Å². The highest BCUT2D eigenvalue weighted by atomic mass is 19.1. The van der Waals surface area contributed by atoms with E-state index in [0.717, 1.165) is 24.8 Å². The second-order valence-electron chi connectivity index (χ2n) is 10.7.